The first-order valence-electron chi connectivity index (χ1n) is 30.7. The minimum atomic E-state index is -4.39. The molecule has 1 N–H and O–H groups in total. The number of phosphoric ester groups is 1. The Bertz CT molecular complexity index is 1480. The van der Waals surface area contributed by atoms with Gasteiger partial charge in [-0.15, -0.1) is 0 Å². The summed E-state index contributed by atoms with van der Waals surface area (Å²) in [5.41, 5.74) is 0. The predicted octanol–water partition coefficient (Wildman–Crippen LogP) is 19.3. The number of carbonyl (C=O) groups excluding carboxylic acids is 2. The number of likely N-dealkylation sites (N-methyl/N-ethyl adjacent to an activating group) is 1. The topological polar surface area (TPSA) is 108 Å². The van der Waals surface area contributed by atoms with E-state index >= 15 is 0 Å². The van der Waals surface area contributed by atoms with Gasteiger partial charge in [-0.25, -0.2) is 4.57 Å². The van der Waals surface area contributed by atoms with Gasteiger partial charge in [0.05, 0.1) is 27.7 Å². The first-order valence-corrected chi connectivity index (χ1v) is 32.2. The zero-order valence-corrected chi connectivity index (χ0v) is 49.7. The summed E-state index contributed by atoms with van der Waals surface area (Å²) >= 11 is 0. The van der Waals surface area contributed by atoms with Crippen molar-refractivity contribution in [3.8, 4) is 0 Å². The van der Waals surface area contributed by atoms with Gasteiger partial charge in [0, 0.05) is 12.8 Å². The Hall–Kier alpha value is -2.55. The molecule has 0 bridgehead atoms. The fourth-order valence-corrected chi connectivity index (χ4v) is 9.25. The number of nitrogens with zero attached hydrogens (tertiary/aromatic N) is 1. The first-order chi connectivity index (χ1) is 36.0. The van der Waals surface area contributed by atoms with Crippen molar-refractivity contribution in [2.45, 2.75) is 277 Å². The van der Waals surface area contributed by atoms with Crippen LogP contribution < -0.4 is 0 Å². The van der Waals surface area contributed by atoms with Gasteiger partial charge in [0.2, 0.25) is 0 Å². The Morgan fingerprint density at radius 2 is 0.770 bits per heavy atom. The number of carbonyl (C=O) groups is 2. The molecule has 0 rings (SSSR count). The number of hydrogen-bond donors (Lipinski definition) is 1. The van der Waals surface area contributed by atoms with Crippen molar-refractivity contribution in [3.05, 3.63) is 72.9 Å². The summed E-state index contributed by atoms with van der Waals surface area (Å²) < 4.78 is 34.6. The van der Waals surface area contributed by atoms with Crippen molar-refractivity contribution >= 4 is 19.8 Å². The fraction of sp³-hybridized carbons (Fsp3) is 0.781. The van der Waals surface area contributed by atoms with E-state index in [0.29, 0.717) is 17.4 Å². The maximum atomic E-state index is 12.8. The van der Waals surface area contributed by atoms with Crippen LogP contribution in [-0.4, -0.2) is 74.9 Å². The number of unbranched alkanes of at least 4 members (excludes halogenated alkanes) is 30. The average molecular weight is 1060 g/mol. The van der Waals surface area contributed by atoms with Crippen LogP contribution in [0.4, 0.5) is 0 Å². The number of rotatable bonds is 56. The summed E-state index contributed by atoms with van der Waals surface area (Å²) in [4.78, 5) is 35.7. The number of hydrogen-bond acceptors (Lipinski definition) is 7. The lowest BCUT2D eigenvalue weighted by molar-refractivity contribution is -0.870. The van der Waals surface area contributed by atoms with Crippen molar-refractivity contribution in [3.63, 3.8) is 0 Å². The third-order valence-corrected chi connectivity index (χ3v) is 14.2. The highest BCUT2D eigenvalue weighted by molar-refractivity contribution is 7.47. The highest BCUT2D eigenvalue weighted by atomic mass is 31.2. The molecule has 0 spiro atoms. The van der Waals surface area contributed by atoms with Crippen molar-refractivity contribution in [1.82, 2.24) is 0 Å². The Morgan fingerprint density at radius 3 is 1.16 bits per heavy atom. The van der Waals surface area contributed by atoms with Crippen LogP contribution >= 0.6 is 7.82 Å². The molecule has 2 unspecified atom stereocenters. The van der Waals surface area contributed by atoms with Gasteiger partial charge in [-0.05, 0) is 83.5 Å². The van der Waals surface area contributed by atoms with Crippen LogP contribution in [0.3, 0.4) is 0 Å². The lowest BCUT2D eigenvalue weighted by Gasteiger charge is -2.24. The molecule has 2 atom stereocenters. The van der Waals surface area contributed by atoms with E-state index in [9.17, 15) is 19.0 Å². The maximum absolute atomic E-state index is 12.8. The highest BCUT2D eigenvalue weighted by Crippen LogP contribution is 2.43. The van der Waals surface area contributed by atoms with E-state index in [2.05, 4.69) is 86.8 Å². The molecule has 0 fully saturated rings. The van der Waals surface area contributed by atoms with E-state index in [1.54, 1.807) is 0 Å². The van der Waals surface area contributed by atoms with Gasteiger partial charge in [-0.2, -0.15) is 0 Å². The second-order valence-electron chi connectivity index (χ2n) is 21.7. The molecule has 9 nitrogen and oxygen atoms in total. The largest absolute Gasteiger partial charge is 0.472 e. The van der Waals surface area contributed by atoms with Crippen molar-refractivity contribution in [2.75, 3.05) is 47.5 Å². The van der Waals surface area contributed by atoms with E-state index in [4.69, 9.17) is 18.5 Å². The Balaban J connectivity index is 4.01. The van der Waals surface area contributed by atoms with Gasteiger partial charge in [0.1, 0.15) is 19.8 Å². The Morgan fingerprint density at radius 1 is 0.432 bits per heavy atom. The van der Waals surface area contributed by atoms with Crippen LogP contribution in [0.15, 0.2) is 72.9 Å². The molecule has 0 aliphatic carbocycles. The molecular formula is C64H117NO8P+. The van der Waals surface area contributed by atoms with Crippen LogP contribution in [0.5, 0.6) is 0 Å². The minimum absolute atomic E-state index is 0.0302. The lowest BCUT2D eigenvalue weighted by Crippen LogP contribution is -2.37. The average Bonchev–Trinajstić information content (AvgIpc) is 3.36. The van der Waals surface area contributed by atoms with Gasteiger partial charge < -0.3 is 18.9 Å². The number of ether oxygens (including phenoxy) is 2. The number of phosphoric acid groups is 1. The lowest BCUT2D eigenvalue weighted by atomic mass is 10.0. The third kappa shape index (κ3) is 58.7. The highest BCUT2D eigenvalue weighted by Gasteiger charge is 2.27. The zero-order chi connectivity index (χ0) is 54.2. The number of esters is 2. The van der Waals surface area contributed by atoms with Crippen molar-refractivity contribution < 1.29 is 42.1 Å². The summed E-state index contributed by atoms with van der Waals surface area (Å²) in [7, 11) is 1.48. The van der Waals surface area contributed by atoms with E-state index in [-0.39, 0.29) is 32.0 Å². The predicted molar refractivity (Wildman–Crippen MR) is 316 cm³/mol. The number of quaternary nitrogens is 1. The molecule has 0 aromatic heterocycles. The monoisotopic (exact) mass is 1060 g/mol. The van der Waals surface area contributed by atoms with Crippen molar-refractivity contribution in [2.24, 2.45) is 0 Å². The third-order valence-electron chi connectivity index (χ3n) is 13.2. The fourth-order valence-electron chi connectivity index (χ4n) is 8.51. The molecule has 74 heavy (non-hydrogen) atoms. The molecule has 0 aliphatic rings. The van der Waals surface area contributed by atoms with E-state index in [1.807, 2.05) is 21.1 Å². The van der Waals surface area contributed by atoms with Gasteiger partial charge in [-0.3, -0.25) is 18.6 Å². The smallest absolute Gasteiger partial charge is 0.462 e. The summed E-state index contributed by atoms with van der Waals surface area (Å²) in [5, 5.41) is 0. The Labute approximate surface area is 457 Å². The summed E-state index contributed by atoms with van der Waals surface area (Å²) in [6.07, 6.45) is 72.7. The summed E-state index contributed by atoms with van der Waals surface area (Å²) in [5.74, 6) is -0.799. The van der Waals surface area contributed by atoms with E-state index < -0.39 is 26.5 Å². The molecule has 0 radical (unpaired) electrons. The molecule has 10 heteroatoms. The maximum Gasteiger partial charge on any atom is 0.472 e. The normalized spacial score (nSPS) is 13.8. The van der Waals surface area contributed by atoms with Crippen LogP contribution in [0, 0.1) is 0 Å². The SMILES string of the molecule is CC/C=C\C/C=C\C/C=C\C/C=C\C/C=C\CCCCCCCCCCCCCCCCCCCCCC(=O)OC(COC(=O)CCCCCCC/C=C\CCCCCCCC)COP(=O)(O)OCC[N+](C)(C)C. The van der Waals surface area contributed by atoms with Crippen LogP contribution in [0.25, 0.3) is 0 Å². The van der Waals surface area contributed by atoms with Crippen LogP contribution in [0.1, 0.15) is 271 Å². The molecule has 430 valence electrons. The standard InChI is InChI=1S/C64H116NO8P/c1-6-8-10-12-14-16-18-20-22-23-24-25-26-27-28-29-30-31-32-33-34-35-36-37-38-39-40-41-43-45-47-49-51-53-55-57-64(67)73-62(61-72-74(68,69)71-59-58-65(3,4)5)60-70-63(66)56-54-52-50-48-46-44-42-21-19-17-15-13-11-9-7-2/h8,10,14,16,20-22,24-25,27-28,42,62H,6-7,9,11-13,15,17-19,23,26,29-41,43-61H2,1-5H3/p+1/b10-8-,16-14-,22-20-,25-24-,28-27-,42-21-. The molecule has 0 saturated heterocycles. The zero-order valence-electron chi connectivity index (χ0n) is 48.8. The van der Waals surface area contributed by atoms with Crippen LogP contribution in [0.2, 0.25) is 0 Å². The van der Waals surface area contributed by atoms with Gasteiger partial charge >= 0.3 is 19.8 Å². The quantitative estimate of drug-likeness (QED) is 0.0211. The molecule has 0 amide bonds. The van der Waals surface area contributed by atoms with Crippen LogP contribution in [-0.2, 0) is 32.7 Å². The molecule has 0 aromatic rings. The molecule has 0 heterocycles. The first kappa shape index (κ1) is 71.5. The molecule has 0 saturated carbocycles. The Kier molecular flexibility index (Phi) is 53.3. The minimum Gasteiger partial charge on any atom is -0.462 e. The molecule has 0 aliphatic heterocycles. The second-order valence-corrected chi connectivity index (χ2v) is 23.2. The van der Waals surface area contributed by atoms with E-state index in [0.717, 1.165) is 83.5 Å². The molecular weight excluding hydrogens is 942 g/mol. The number of allylic oxidation sites excluding steroid dienone is 12. The van der Waals surface area contributed by atoms with Gasteiger partial charge in [0.15, 0.2) is 6.10 Å². The summed E-state index contributed by atoms with van der Waals surface area (Å²) in [6, 6.07) is 0. The summed E-state index contributed by atoms with van der Waals surface area (Å²) in [6.45, 7) is 4.33. The second kappa shape index (κ2) is 55.2. The van der Waals surface area contributed by atoms with Gasteiger partial charge in [-0.1, -0.05) is 247 Å². The van der Waals surface area contributed by atoms with Gasteiger partial charge in [0.25, 0.3) is 0 Å². The van der Waals surface area contributed by atoms with E-state index in [1.165, 1.54) is 154 Å². The van der Waals surface area contributed by atoms with Crippen molar-refractivity contribution in [1.29, 1.82) is 0 Å². The molecule has 0 aromatic carbocycles.